The number of hydrogen-bond donors (Lipinski definition) is 1. The zero-order valence-corrected chi connectivity index (χ0v) is 16.0. The van der Waals surface area contributed by atoms with E-state index in [1.54, 1.807) is 35.5 Å². The van der Waals surface area contributed by atoms with Crippen LogP contribution in [0.25, 0.3) is 22.4 Å². The van der Waals surface area contributed by atoms with Crippen LogP contribution in [0.2, 0.25) is 0 Å². The Hall–Kier alpha value is -3.35. The van der Waals surface area contributed by atoms with Gasteiger partial charge in [-0.3, -0.25) is 5.10 Å². The lowest BCUT2D eigenvalue weighted by Crippen LogP contribution is -1.96. The molecule has 0 radical (unpaired) electrons. The van der Waals surface area contributed by atoms with Crippen molar-refractivity contribution in [2.45, 2.75) is 0 Å². The molecule has 0 saturated carbocycles. The van der Waals surface area contributed by atoms with E-state index in [4.69, 9.17) is 23.7 Å². The molecule has 0 fully saturated rings. The van der Waals surface area contributed by atoms with E-state index in [1.807, 2.05) is 36.5 Å². The Balaban J connectivity index is 2.13. The van der Waals surface area contributed by atoms with Crippen molar-refractivity contribution in [2.75, 3.05) is 35.5 Å². The van der Waals surface area contributed by atoms with Crippen LogP contribution in [-0.2, 0) is 0 Å². The summed E-state index contributed by atoms with van der Waals surface area (Å²) in [6.45, 7) is 0. The fourth-order valence-corrected chi connectivity index (χ4v) is 2.95. The van der Waals surface area contributed by atoms with Crippen molar-refractivity contribution < 1.29 is 23.7 Å². The lowest BCUT2D eigenvalue weighted by Gasteiger charge is -2.14. The van der Waals surface area contributed by atoms with Gasteiger partial charge in [-0.05, 0) is 35.9 Å². The highest BCUT2D eigenvalue weighted by molar-refractivity contribution is 5.83. The van der Waals surface area contributed by atoms with Gasteiger partial charge in [0.15, 0.2) is 23.0 Å². The second kappa shape index (κ2) is 7.90. The van der Waals surface area contributed by atoms with Crippen molar-refractivity contribution in [3.05, 3.63) is 36.5 Å². The van der Waals surface area contributed by atoms with Crippen molar-refractivity contribution in [1.82, 2.24) is 10.2 Å². The van der Waals surface area contributed by atoms with Crippen molar-refractivity contribution in [2.24, 2.45) is 0 Å². The number of rotatable bonds is 7. The maximum atomic E-state index is 5.46. The number of methoxy groups -OCH3 is 5. The van der Waals surface area contributed by atoms with E-state index in [2.05, 4.69) is 10.2 Å². The van der Waals surface area contributed by atoms with E-state index < -0.39 is 0 Å². The van der Waals surface area contributed by atoms with Crippen LogP contribution in [0.1, 0.15) is 0 Å². The Kier molecular flexibility index (Phi) is 5.40. The summed E-state index contributed by atoms with van der Waals surface area (Å²) in [5.74, 6) is 2.98. The van der Waals surface area contributed by atoms with E-state index in [0.29, 0.717) is 28.7 Å². The summed E-state index contributed by atoms with van der Waals surface area (Å²) >= 11 is 0. The normalized spacial score (nSPS) is 10.4. The minimum atomic E-state index is 0.542. The largest absolute Gasteiger partial charge is 0.493 e. The van der Waals surface area contributed by atoms with E-state index in [-0.39, 0.29) is 0 Å². The van der Waals surface area contributed by atoms with Gasteiger partial charge in [-0.25, -0.2) is 0 Å². The molecule has 0 aliphatic heterocycles. The average molecular weight is 370 g/mol. The average Bonchev–Trinajstić information content (AvgIpc) is 3.21. The molecular weight excluding hydrogens is 348 g/mol. The molecule has 1 aromatic heterocycles. The van der Waals surface area contributed by atoms with Gasteiger partial charge in [-0.2, -0.15) is 5.10 Å². The van der Waals surface area contributed by atoms with Crippen LogP contribution < -0.4 is 23.7 Å². The summed E-state index contributed by atoms with van der Waals surface area (Å²) < 4.78 is 27.0. The molecule has 0 bridgehead atoms. The highest BCUT2D eigenvalue weighted by Crippen LogP contribution is 2.43. The molecule has 0 saturated heterocycles. The molecular formula is C20H22N2O5. The van der Waals surface area contributed by atoms with Crippen LogP contribution in [0.3, 0.4) is 0 Å². The Bertz CT molecular complexity index is 911. The van der Waals surface area contributed by atoms with E-state index >= 15 is 0 Å². The summed E-state index contributed by atoms with van der Waals surface area (Å²) in [6.07, 6.45) is 1.83. The minimum absolute atomic E-state index is 0.542. The molecule has 0 atom stereocenters. The Labute approximate surface area is 157 Å². The van der Waals surface area contributed by atoms with E-state index in [9.17, 15) is 0 Å². The molecule has 2 aromatic carbocycles. The standard InChI is InChI=1S/C20H22N2O5/c1-23-15-7-6-12(8-16(15)24-2)19-14(11-21-22-19)13-9-17(25-3)20(27-5)18(10-13)26-4/h6-11H,1-5H3,(H,21,22). The monoisotopic (exact) mass is 370 g/mol. The second-order valence-corrected chi connectivity index (χ2v) is 5.63. The molecule has 142 valence electrons. The molecule has 27 heavy (non-hydrogen) atoms. The van der Waals surface area contributed by atoms with Crippen molar-refractivity contribution >= 4 is 0 Å². The number of nitrogens with one attached hydrogen (secondary N) is 1. The van der Waals surface area contributed by atoms with Gasteiger partial charge >= 0.3 is 0 Å². The Morgan fingerprint density at radius 2 is 1.26 bits per heavy atom. The minimum Gasteiger partial charge on any atom is -0.493 e. The van der Waals surface area contributed by atoms with Gasteiger partial charge in [0.05, 0.1) is 41.2 Å². The molecule has 0 spiro atoms. The molecule has 7 nitrogen and oxygen atoms in total. The number of hydrogen-bond acceptors (Lipinski definition) is 6. The van der Waals surface area contributed by atoms with Gasteiger partial charge in [0.25, 0.3) is 0 Å². The van der Waals surface area contributed by atoms with Crippen molar-refractivity contribution in [1.29, 1.82) is 0 Å². The van der Waals surface area contributed by atoms with Gasteiger partial charge in [0.1, 0.15) is 0 Å². The van der Waals surface area contributed by atoms with Crippen LogP contribution in [0.4, 0.5) is 0 Å². The zero-order valence-electron chi connectivity index (χ0n) is 16.0. The SMILES string of the molecule is COc1ccc(-c2n[nH]cc2-c2cc(OC)c(OC)c(OC)c2)cc1OC. The van der Waals surface area contributed by atoms with Gasteiger partial charge in [-0.15, -0.1) is 0 Å². The third kappa shape index (κ3) is 3.36. The van der Waals surface area contributed by atoms with Gasteiger partial charge in [0.2, 0.25) is 5.75 Å². The number of ether oxygens (including phenoxy) is 5. The molecule has 0 amide bonds. The van der Waals surface area contributed by atoms with Crippen LogP contribution in [0.15, 0.2) is 36.5 Å². The van der Waals surface area contributed by atoms with Crippen LogP contribution in [-0.4, -0.2) is 45.7 Å². The van der Waals surface area contributed by atoms with Crippen LogP contribution in [0.5, 0.6) is 28.7 Å². The summed E-state index contributed by atoms with van der Waals surface area (Å²) in [6, 6.07) is 9.43. The first-order valence-electron chi connectivity index (χ1n) is 8.23. The molecule has 1 heterocycles. The first-order chi connectivity index (χ1) is 13.2. The maximum absolute atomic E-state index is 5.46. The molecule has 0 unspecified atom stereocenters. The topological polar surface area (TPSA) is 74.8 Å². The molecule has 0 aliphatic rings. The number of H-pyrrole nitrogens is 1. The molecule has 7 heteroatoms. The predicted molar refractivity (Wildman–Crippen MR) is 102 cm³/mol. The van der Waals surface area contributed by atoms with Gasteiger partial charge in [-0.1, -0.05) is 0 Å². The summed E-state index contributed by atoms with van der Waals surface area (Å²) in [5.41, 5.74) is 3.42. The van der Waals surface area contributed by atoms with Gasteiger partial charge in [0, 0.05) is 17.3 Å². The van der Waals surface area contributed by atoms with Crippen molar-refractivity contribution in [3.63, 3.8) is 0 Å². The predicted octanol–water partition coefficient (Wildman–Crippen LogP) is 3.79. The smallest absolute Gasteiger partial charge is 0.203 e. The van der Waals surface area contributed by atoms with Crippen LogP contribution in [0, 0.1) is 0 Å². The summed E-state index contributed by atoms with van der Waals surface area (Å²) in [5, 5.41) is 7.34. The lowest BCUT2D eigenvalue weighted by atomic mass is 10.0. The molecule has 1 N–H and O–H groups in total. The van der Waals surface area contributed by atoms with Crippen molar-refractivity contribution in [3.8, 4) is 51.1 Å². The fourth-order valence-electron chi connectivity index (χ4n) is 2.95. The lowest BCUT2D eigenvalue weighted by molar-refractivity contribution is 0.324. The molecule has 3 aromatic rings. The number of benzene rings is 2. The Morgan fingerprint density at radius 3 is 1.81 bits per heavy atom. The third-order valence-electron chi connectivity index (χ3n) is 4.27. The fraction of sp³-hybridized carbons (Fsp3) is 0.250. The number of aromatic amines is 1. The highest BCUT2D eigenvalue weighted by Gasteiger charge is 2.18. The van der Waals surface area contributed by atoms with Crippen LogP contribution >= 0.6 is 0 Å². The molecule has 0 aliphatic carbocycles. The number of aromatic nitrogens is 2. The first kappa shape index (κ1) is 18.4. The second-order valence-electron chi connectivity index (χ2n) is 5.63. The number of nitrogens with zero attached hydrogens (tertiary/aromatic N) is 1. The highest BCUT2D eigenvalue weighted by atomic mass is 16.5. The summed E-state index contributed by atoms with van der Waals surface area (Å²) in [7, 11) is 7.96. The van der Waals surface area contributed by atoms with E-state index in [0.717, 1.165) is 22.4 Å². The maximum Gasteiger partial charge on any atom is 0.203 e. The quantitative estimate of drug-likeness (QED) is 0.682. The molecule has 3 rings (SSSR count). The Morgan fingerprint density at radius 1 is 0.667 bits per heavy atom. The van der Waals surface area contributed by atoms with E-state index in [1.165, 1.54) is 0 Å². The van der Waals surface area contributed by atoms with Gasteiger partial charge < -0.3 is 23.7 Å². The third-order valence-corrected chi connectivity index (χ3v) is 4.27. The first-order valence-corrected chi connectivity index (χ1v) is 8.23. The summed E-state index contributed by atoms with van der Waals surface area (Å²) in [4.78, 5) is 0. The zero-order chi connectivity index (χ0) is 19.4.